The van der Waals surface area contributed by atoms with Gasteiger partial charge >= 0.3 is 0 Å². The molecule has 0 unspecified atom stereocenters. The van der Waals surface area contributed by atoms with Gasteiger partial charge in [-0.1, -0.05) is 54.6 Å². The first-order valence-electron chi connectivity index (χ1n) is 6.90. The standard InChI is InChI=1S/C18H21NO/c1-15(17-11-5-6-12-18(17)19)8-7-13-20-14-16-9-3-2-4-10-16/h2-6,8-12H,7,13-14,19H2,1H3/b15-8+. The van der Waals surface area contributed by atoms with Crippen molar-refractivity contribution >= 4 is 11.3 Å². The molecule has 2 aromatic carbocycles. The molecule has 2 heteroatoms. The monoisotopic (exact) mass is 267 g/mol. The summed E-state index contributed by atoms with van der Waals surface area (Å²) < 4.78 is 5.66. The summed E-state index contributed by atoms with van der Waals surface area (Å²) in [6, 6.07) is 18.2. The first-order valence-corrected chi connectivity index (χ1v) is 6.90. The van der Waals surface area contributed by atoms with Gasteiger partial charge in [-0.3, -0.25) is 0 Å². The Bertz CT molecular complexity index is 561. The van der Waals surface area contributed by atoms with Crippen LogP contribution in [0.3, 0.4) is 0 Å². The highest BCUT2D eigenvalue weighted by Gasteiger charge is 1.99. The molecule has 2 rings (SSSR count). The van der Waals surface area contributed by atoms with Crippen LogP contribution in [0.2, 0.25) is 0 Å². The Morgan fingerprint density at radius 2 is 1.75 bits per heavy atom. The van der Waals surface area contributed by atoms with Gasteiger partial charge in [0, 0.05) is 5.69 Å². The number of nitrogen functional groups attached to an aromatic ring is 1. The summed E-state index contributed by atoms with van der Waals surface area (Å²) in [5.74, 6) is 0. The fraction of sp³-hybridized carbons (Fsp3) is 0.222. The van der Waals surface area contributed by atoms with E-state index in [-0.39, 0.29) is 0 Å². The lowest BCUT2D eigenvalue weighted by molar-refractivity contribution is 0.125. The smallest absolute Gasteiger partial charge is 0.0717 e. The molecule has 0 saturated heterocycles. The molecule has 104 valence electrons. The number of hydrogen-bond donors (Lipinski definition) is 1. The lowest BCUT2D eigenvalue weighted by Crippen LogP contribution is -1.95. The highest BCUT2D eigenvalue weighted by Crippen LogP contribution is 2.20. The van der Waals surface area contributed by atoms with Crippen LogP contribution in [-0.2, 0) is 11.3 Å². The van der Waals surface area contributed by atoms with Crippen molar-refractivity contribution in [3.8, 4) is 0 Å². The number of para-hydroxylation sites is 1. The van der Waals surface area contributed by atoms with Crippen molar-refractivity contribution in [1.29, 1.82) is 0 Å². The summed E-state index contributed by atoms with van der Waals surface area (Å²) in [7, 11) is 0. The average molecular weight is 267 g/mol. The van der Waals surface area contributed by atoms with Gasteiger partial charge in [0.2, 0.25) is 0 Å². The van der Waals surface area contributed by atoms with Gasteiger partial charge in [0.05, 0.1) is 13.2 Å². The molecular formula is C18H21NO. The van der Waals surface area contributed by atoms with Gasteiger partial charge in [0.25, 0.3) is 0 Å². The molecule has 20 heavy (non-hydrogen) atoms. The summed E-state index contributed by atoms with van der Waals surface area (Å²) in [4.78, 5) is 0. The van der Waals surface area contributed by atoms with E-state index in [1.54, 1.807) is 0 Å². The molecule has 0 saturated carbocycles. The zero-order valence-corrected chi connectivity index (χ0v) is 11.9. The Labute approximate surface area is 120 Å². The average Bonchev–Trinajstić information content (AvgIpc) is 2.48. The maximum Gasteiger partial charge on any atom is 0.0717 e. The lowest BCUT2D eigenvalue weighted by atomic mass is 10.0. The van der Waals surface area contributed by atoms with Crippen LogP contribution in [0.1, 0.15) is 24.5 Å². The minimum atomic E-state index is 0.668. The fourth-order valence-electron chi connectivity index (χ4n) is 2.09. The second-order valence-corrected chi connectivity index (χ2v) is 4.80. The lowest BCUT2D eigenvalue weighted by Gasteiger charge is -2.06. The normalized spacial score (nSPS) is 11.6. The number of rotatable bonds is 6. The zero-order chi connectivity index (χ0) is 14.2. The van der Waals surface area contributed by atoms with Crippen LogP contribution in [0.4, 0.5) is 5.69 Å². The predicted octanol–water partition coefficient (Wildman–Crippen LogP) is 4.28. The molecule has 0 bridgehead atoms. The molecule has 0 aromatic heterocycles. The van der Waals surface area contributed by atoms with Crippen molar-refractivity contribution < 1.29 is 4.74 Å². The first-order chi connectivity index (χ1) is 9.77. The Morgan fingerprint density at radius 1 is 1.05 bits per heavy atom. The van der Waals surface area contributed by atoms with E-state index in [1.807, 2.05) is 42.5 Å². The summed E-state index contributed by atoms with van der Waals surface area (Å²) in [6.45, 7) is 3.48. The van der Waals surface area contributed by atoms with Gasteiger partial charge < -0.3 is 10.5 Å². The number of benzene rings is 2. The number of ether oxygens (including phenoxy) is 1. The molecule has 0 fully saturated rings. The van der Waals surface area contributed by atoms with Gasteiger partial charge in [-0.25, -0.2) is 0 Å². The van der Waals surface area contributed by atoms with E-state index < -0.39 is 0 Å². The third-order valence-electron chi connectivity index (χ3n) is 3.21. The number of anilines is 1. The van der Waals surface area contributed by atoms with E-state index in [0.717, 1.165) is 24.3 Å². The van der Waals surface area contributed by atoms with E-state index >= 15 is 0 Å². The van der Waals surface area contributed by atoms with Gasteiger partial charge in [0.15, 0.2) is 0 Å². The summed E-state index contributed by atoms with van der Waals surface area (Å²) >= 11 is 0. The van der Waals surface area contributed by atoms with Crippen LogP contribution < -0.4 is 5.73 Å². The number of nitrogens with two attached hydrogens (primary N) is 1. The molecule has 0 atom stereocenters. The highest BCUT2D eigenvalue weighted by molar-refractivity contribution is 5.73. The Morgan fingerprint density at radius 3 is 2.50 bits per heavy atom. The largest absolute Gasteiger partial charge is 0.398 e. The van der Waals surface area contributed by atoms with Crippen LogP contribution in [0.5, 0.6) is 0 Å². The first kappa shape index (κ1) is 14.4. The SMILES string of the molecule is C/C(=C\CCOCc1ccccc1)c1ccccc1N. The molecule has 0 amide bonds. The van der Waals surface area contributed by atoms with Crippen molar-refractivity contribution in [3.05, 3.63) is 71.8 Å². The van der Waals surface area contributed by atoms with E-state index in [2.05, 4.69) is 25.1 Å². The van der Waals surface area contributed by atoms with Crippen molar-refractivity contribution in [2.45, 2.75) is 20.0 Å². The van der Waals surface area contributed by atoms with Gasteiger partial charge in [-0.05, 0) is 36.1 Å². The molecule has 2 aromatic rings. The minimum Gasteiger partial charge on any atom is -0.398 e. The molecule has 0 heterocycles. The van der Waals surface area contributed by atoms with Crippen LogP contribution in [0.25, 0.3) is 5.57 Å². The maximum atomic E-state index is 5.96. The topological polar surface area (TPSA) is 35.2 Å². The second kappa shape index (κ2) is 7.51. The minimum absolute atomic E-state index is 0.668. The molecule has 0 aliphatic carbocycles. The fourth-order valence-corrected chi connectivity index (χ4v) is 2.09. The quantitative estimate of drug-likeness (QED) is 0.626. The van der Waals surface area contributed by atoms with Crippen LogP contribution in [0.15, 0.2) is 60.7 Å². The molecule has 2 N–H and O–H groups in total. The second-order valence-electron chi connectivity index (χ2n) is 4.80. The van der Waals surface area contributed by atoms with E-state index in [4.69, 9.17) is 10.5 Å². The molecule has 2 nitrogen and oxygen atoms in total. The Hall–Kier alpha value is -2.06. The van der Waals surface area contributed by atoms with Gasteiger partial charge in [-0.15, -0.1) is 0 Å². The number of allylic oxidation sites excluding steroid dienone is 1. The maximum absolute atomic E-state index is 5.96. The van der Waals surface area contributed by atoms with Crippen LogP contribution >= 0.6 is 0 Å². The van der Waals surface area contributed by atoms with E-state index in [1.165, 1.54) is 11.1 Å². The van der Waals surface area contributed by atoms with Crippen LogP contribution in [-0.4, -0.2) is 6.61 Å². The third kappa shape index (κ3) is 4.25. The molecule has 0 aliphatic heterocycles. The van der Waals surface area contributed by atoms with Crippen molar-refractivity contribution in [2.75, 3.05) is 12.3 Å². The predicted molar refractivity (Wildman–Crippen MR) is 85.2 cm³/mol. The van der Waals surface area contributed by atoms with Crippen molar-refractivity contribution in [3.63, 3.8) is 0 Å². The highest BCUT2D eigenvalue weighted by atomic mass is 16.5. The molecule has 0 aliphatic rings. The van der Waals surface area contributed by atoms with Crippen LogP contribution in [0, 0.1) is 0 Å². The Kier molecular flexibility index (Phi) is 5.39. The number of hydrogen-bond acceptors (Lipinski definition) is 2. The van der Waals surface area contributed by atoms with Gasteiger partial charge in [-0.2, -0.15) is 0 Å². The summed E-state index contributed by atoms with van der Waals surface area (Å²) in [6.07, 6.45) is 3.07. The Balaban J connectivity index is 1.78. The molecular weight excluding hydrogens is 246 g/mol. The summed E-state index contributed by atoms with van der Waals surface area (Å²) in [5.41, 5.74) is 10.3. The van der Waals surface area contributed by atoms with E-state index in [0.29, 0.717) is 6.61 Å². The zero-order valence-electron chi connectivity index (χ0n) is 11.9. The summed E-state index contributed by atoms with van der Waals surface area (Å²) in [5, 5.41) is 0. The van der Waals surface area contributed by atoms with Crippen molar-refractivity contribution in [2.24, 2.45) is 0 Å². The molecule has 0 spiro atoms. The third-order valence-corrected chi connectivity index (χ3v) is 3.21. The molecule has 0 radical (unpaired) electrons. The van der Waals surface area contributed by atoms with E-state index in [9.17, 15) is 0 Å². The van der Waals surface area contributed by atoms with Gasteiger partial charge in [0.1, 0.15) is 0 Å². The van der Waals surface area contributed by atoms with Crippen molar-refractivity contribution in [1.82, 2.24) is 0 Å².